The van der Waals surface area contributed by atoms with Gasteiger partial charge >= 0.3 is 0 Å². The van der Waals surface area contributed by atoms with E-state index < -0.39 is 16.2 Å². The van der Waals surface area contributed by atoms with Gasteiger partial charge in [0.1, 0.15) is 5.71 Å². The molecular formula is C11H8ClN5O3. The van der Waals surface area contributed by atoms with Crippen molar-refractivity contribution < 1.29 is 9.72 Å². The van der Waals surface area contributed by atoms with E-state index in [2.05, 4.69) is 20.7 Å². The summed E-state index contributed by atoms with van der Waals surface area (Å²) in [5.41, 5.74) is 3.02. The number of nitro groups is 1. The lowest BCUT2D eigenvalue weighted by Gasteiger charge is -2.10. The molecule has 8 nitrogen and oxygen atoms in total. The van der Waals surface area contributed by atoms with Crippen LogP contribution in [0.2, 0.25) is 0 Å². The van der Waals surface area contributed by atoms with Crippen LogP contribution in [0.25, 0.3) is 0 Å². The summed E-state index contributed by atoms with van der Waals surface area (Å²) in [4.78, 5) is 21.2. The second kappa shape index (κ2) is 6.02. The van der Waals surface area contributed by atoms with E-state index in [0.717, 1.165) is 0 Å². The molecule has 1 amide bonds. The van der Waals surface area contributed by atoms with Crippen LogP contribution in [-0.2, 0) is 4.79 Å². The Kier molecular flexibility index (Phi) is 4.16. The molecule has 1 unspecified atom stereocenters. The van der Waals surface area contributed by atoms with Crippen LogP contribution in [0.1, 0.15) is 5.56 Å². The predicted molar refractivity (Wildman–Crippen MR) is 74.4 cm³/mol. The summed E-state index contributed by atoms with van der Waals surface area (Å²) in [6.07, 6.45) is 2.69. The van der Waals surface area contributed by atoms with Gasteiger partial charge in [0.25, 0.3) is 11.6 Å². The Hall–Kier alpha value is -2.61. The fourth-order valence-corrected chi connectivity index (χ4v) is 1.49. The first-order valence-electron chi connectivity index (χ1n) is 5.40. The zero-order chi connectivity index (χ0) is 14.5. The van der Waals surface area contributed by atoms with Crippen LogP contribution in [0.15, 0.2) is 39.6 Å². The zero-order valence-corrected chi connectivity index (χ0v) is 10.7. The van der Waals surface area contributed by atoms with Crippen molar-refractivity contribution in [1.29, 1.82) is 0 Å². The number of nitrogens with one attached hydrogen (secondary N) is 1. The van der Waals surface area contributed by atoms with Crippen LogP contribution >= 0.6 is 11.6 Å². The van der Waals surface area contributed by atoms with Crippen LogP contribution in [0.4, 0.5) is 5.69 Å². The van der Waals surface area contributed by atoms with Gasteiger partial charge in [0.05, 0.1) is 17.4 Å². The summed E-state index contributed by atoms with van der Waals surface area (Å²) in [5, 5.41) is 20.6. The number of hydrogen-bond donors (Lipinski definition) is 1. The maximum atomic E-state index is 11.2. The molecule has 20 heavy (non-hydrogen) atoms. The van der Waals surface area contributed by atoms with Gasteiger partial charge in [0.15, 0.2) is 5.38 Å². The lowest BCUT2D eigenvalue weighted by atomic mass is 10.2. The summed E-state index contributed by atoms with van der Waals surface area (Å²) in [6, 6.07) is 5.77. The third kappa shape index (κ3) is 3.23. The molecule has 1 aliphatic heterocycles. The first-order valence-corrected chi connectivity index (χ1v) is 5.84. The molecule has 1 aromatic rings. The molecule has 102 valence electrons. The summed E-state index contributed by atoms with van der Waals surface area (Å²) in [7, 11) is 0. The minimum absolute atomic E-state index is 0.00892. The Morgan fingerprint density at radius 3 is 2.75 bits per heavy atom. The third-order valence-corrected chi connectivity index (χ3v) is 2.77. The minimum Gasteiger partial charge on any atom is -0.271 e. The molecule has 0 fully saturated rings. The van der Waals surface area contributed by atoms with E-state index in [4.69, 9.17) is 11.6 Å². The summed E-state index contributed by atoms with van der Waals surface area (Å²) in [6.45, 7) is 0. The number of carbonyl (C=O) groups is 1. The highest BCUT2D eigenvalue weighted by Gasteiger charge is 2.23. The van der Waals surface area contributed by atoms with Gasteiger partial charge in [-0.05, 0) is 17.7 Å². The van der Waals surface area contributed by atoms with Gasteiger partial charge in [-0.25, -0.2) is 5.43 Å². The number of amides is 1. The number of rotatable bonds is 3. The SMILES string of the molecule is O=C1NN=C/C(=N\N=C\c2ccc([N+](=O)[O-])cc2)C1Cl. The fraction of sp³-hybridized carbons (Fsp3) is 0.0909. The van der Waals surface area contributed by atoms with Crippen molar-refractivity contribution in [2.24, 2.45) is 15.3 Å². The number of non-ortho nitro benzene ring substituents is 1. The second-order valence-electron chi connectivity index (χ2n) is 3.71. The number of nitro benzene ring substituents is 1. The topological polar surface area (TPSA) is 109 Å². The molecule has 0 saturated carbocycles. The fourth-order valence-electron chi connectivity index (χ4n) is 1.34. The molecule has 9 heteroatoms. The van der Waals surface area contributed by atoms with Crippen molar-refractivity contribution in [2.45, 2.75) is 5.38 Å². The maximum Gasteiger partial charge on any atom is 0.269 e. The molecule has 1 N–H and O–H groups in total. The molecule has 0 aliphatic carbocycles. The van der Waals surface area contributed by atoms with Crippen LogP contribution in [-0.4, -0.2) is 34.3 Å². The van der Waals surface area contributed by atoms with Crippen molar-refractivity contribution >= 4 is 41.3 Å². The minimum atomic E-state index is -0.943. The monoisotopic (exact) mass is 293 g/mol. The molecule has 0 spiro atoms. The first-order chi connectivity index (χ1) is 9.58. The number of halogens is 1. The van der Waals surface area contributed by atoms with Crippen molar-refractivity contribution in [3.05, 3.63) is 39.9 Å². The number of carbonyl (C=O) groups excluding carboxylic acids is 1. The third-order valence-electron chi connectivity index (χ3n) is 2.35. The van der Waals surface area contributed by atoms with Crippen molar-refractivity contribution in [2.75, 3.05) is 0 Å². The van der Waals surface area contributed by atoms with Gasteiger partial charge in [-0.3, -0.25) is 14.9 Å². The molecular weight excluding hydrogens is 286 g/mol. The number of benzene rings is 1. The van der Waals surface area contributed by atoms with Gasteiger partial charge in [-0.1, -0.05) is 0 Å². The van der Waals surface area contributed by atoms with Crippen molar-refractivity contribution in [3.8, 4) is 0 Å². The number of alkyl halides is 1. The first kappa shape index (κ1) is 13.8. The molecule has 0 bridgehead atoms. The second-order valence-corrected chi connectivity index (χ2v) is 4.15. The lowest BCUT2D eigenvalue weighted by molar-refractivity contribution is -0.384. The standard InChI is InChI=1S/C11H8ClN5O3/c12-10-9(6-14-16-11(10)18)15-13-5-7-1-3-8(4-2-7)17(19)20/h1-6,10H,(H,16,18)/b13-5+,15-9+. The van der Waals surface area contributed by atoms with Gasteiger partial charge < -0.3 is 0 Å². The van der Waals surface area contributed by atoms with E-state index in [1.54, 1.807) is 0 Å². The Balaban J connectivity index is 2.09. The lowest BCUT2D eigenvalue weighted by Crippen LogP contribution is -2.38. The largest absolute Gasteiger partial charge is 0.271 e. The molecule has 1 atom stereocenters. The zero-order valence-electron chi connectivity index (χ0n) is 9.93. The Bertz CT molecular complexity index is 623. The van der Waals surface area contributed by atoms with E-state index in [9.17, 15) is 14.9 Å². The average Bonchev–Trinajstić information content (AvgIpc) is 2.44. The number of nitrogens with zero attached hydrogens (tertiary/aromatic N) is 4. The summed E-state index contributed by atoms with van der Waals surface area (Å²) < 4.78 is 0. The van der Waals surface area contributed by atoms with Gasteiger partial charge in [0.2, 0.25) is 0 Å². The van der Waals surface area contributed by atoms with Crippen LogP contribution < -0.4 is 5.43 Å². The highest BCUT2D eigenvalue weighted by molar-refractivity contribution is 6.54. The van der Waals surface area contributed by atoms with E-state index in [0.29, 0.717) is 5.56 Å². The quantitative estimate of drug-likeness (QED) is 0.390. The normalized spacial score (nSPS) is 20.4. The van der Waals surface area contributed by atoms with Gasteiger partial charge in [0, 0.05) is 12.1 Å². The van der Waals surface area contributed by atoms with E-state index in [1.807, 2.05) is 0 Å². The summed E-state index contributed by atoms with van der Waals surface area (Å²) >= 11 is 5.79. The molecule has 0 aromatic heterocycles. The van der Waals surface area contributed by atoms with Gasteiger partial charge in [-0.2, -0.15) is 15.3 Å². The van der Waals surface area contributed by atoms with Gasteiger partial charge in [-0.15, -0.1) is 11.6 Å². The maximum absolute atomic E-state index is 11.2. The molecule has 1 heterocycles. The molecule has 1 aliphatic rings. The highest BCUT2D eigenvalue weighted by atomic mass is 35.5. The van der Waals surface area contributed by atoms with Crippen LogP contribution in [0, 0.1) is 10.1 Å². The Labute approximate surface area is 118 Å². The highest BCUT2D eigenvalue weighted by Crippen LogP contribution is 2.10. The molecule has 1 aromatic carbocycles. The van der Waals surface area contributed by atoms with E-state index in [-0.39, 0.29) is 11.4 Å². The van der Waals surface area contributed by atoms with E-state index in [1.165, 1.54) is 36.7 Å². The molecule has 2 rings (SSSR count). The van der Waals surface area contributed by atoms with Crippen molar-refractivity contribution in [3.63, 3.8) is 0 Å². The predicted octanol–water partition coefficient (Wildman–Crippen LogP) is 1.09. The van der Waals surface area contributed by atoms with Crippen molar-refractivity contribution in [1.82, 2.24) is 5.43 Å². The summed E-state index contributed by atoms with van der Waals surface area (Å²) in [5.74, 6) is -0.474. The molecule has 0 radical (unpaired) electrons. The number of hydrazone groups is 1. The van der Waals surface area contributed by atoms with Crippen LogP contribution in [0.3, 0.4) is 0 Å². The van der Waals surface area contributed by atoms with Crippen LogP contribution in [0.5, 0.6) is 0 Å². The molecule has 0 saturated heterocycles. The average molecular weight is 294 g/mol. The number of hydrogen-bond acceptors (Lipinski definition) is 6. The smallest absolute Gasteiger partial charge is 0.269 e. The Morgan fingerprint density at radius 1 is 1.40 bits per heavy atom. The van der Waals surface area contributed by atoms with E-state index >= 15 is 0 Å². The Morgan fingerprint density at radius 2 is 2.10 bits per heavy atom.